The van der Waals surface area contributed by atoms with Crippen LogP contribution in [0.4, 0.5) is 5.69 Å². The van der Waals surface area contributed by atoms with E-state index < -0.39 is 10.0 Å². The van der Waals surface area contributed by atoms with E-state index in [4.69, 9.17) is 5.14 Å². The Morgan fingerprint density at radius 3 is 2.84 bits per heavy atom. The average molecular weight is 278 g/mol. The van der Waals surface area contributed by atoms with Crippen molar-refractivity contribution < 1.29 is 8.42 Å². The lowest BCUT2D eigenvalue weighted by atomic mass is 10.0. The van der Waals surface area contributed by atoms with Crippen molar-refractivity contribution >= 4 is 15.7 Å². The Bertz CT molecular complexity index is 622. The van der Waals surface area contributed by atoms with Gasteiger partial charge >= 0.3 is 0 Å². The van der Waals surface area contributed by atoms with Gasteiger partial charge in [-0.05, 0) is 43.4 Å². The number of nitrogens with two attached hydrogens (primary N) is 1. The molecule has 2 aliphatic rings. The zero-order valence-corrected chi connectivity index (χ0v) is 11.6. The van der Waals surface area contributed by atoms with Gasteiger partial charge < -0.3 is 4.90 Å². The van der Waals surface area contributed by atoms with Crippen molar-refractivity contribution in [2.75, 3.05) is 11.4 Å². The number of primary sulfonamides is 1. The number of hydrogen-bond donors (Lipinski definition) is 1. The van der Waals surface area contributed by atoms with Crippen LogP contribution >= 0.6 is 0 Å². The van der Waals surface area contributed by atoms with E-state index >= 15 is 0 Å². The van der Waals surface area contributed by atoms with Crippen LogP contribution < -0.4 is 10.0 Å². The minimum atomic E-state index is -3.62. The summed E-state index contributed by atoms with van der Waals surface area (Å²) in [5, 5.41) is 5.21. The summed E-state index contributed by atoms with van der Waals surface area (Å²) in [5.41, 5.74) is 2.24. The molecule has 1 aliphatic carbocycles. The quantitative estimate of drug-likeness (QED) is 0.839. The summed E-state index contributed by atoms with van der Waals surface area (Å²) >= 11 is 0. The number of rotatable bonds is 2. The largest absolute Gasteiger partial charge is 0.365 e. The summed E-state index contributed by atoms with van der Waals surface area (Å²) in [6.07, 6.45) is 8.91. The summed E-state index contributed by atoms with van der Waals surface area (Å²) in [4.78, 5) is 2.51. The smallest absolute Gasteiger partial charge is 0.238 e. The molecule has 1 unspecified atom stereocenters. The molecule has 0 saturated carbocycles. The highest BCUT2D eigenvalue weighted by molar-refractivity contribution is 7.89. The fourth-order valence-corrected chi connectivity index (χ4v) is 3.49. The summed E-state index contributed by atoms with van der Waals surface area (Å²) < 4.78 is 22.9. The summed E-state index contributed by atoms with van der Waals surface area (Å²) in [7, 11) is -3.62. The lowest BCUT2D eigenvalue weighted by Gasteiger charge is -2.30. The number of benzene rings is 1. The van der Waals surface area contributed by atoms with Gasteiger partial charge in [-0.2, -0.15) is 0 Å². The van der Waals surface area contributed by atoms with Gasteiger partial charge in [0, 0.05) is 18.3 Å². The number of anilines is 1. The van der Waals surface area contributed by atoms with Crippen molar-refractivity contribution in [1.82, 2.24) is 0 Å². The van der Waals surface area contributed by atoms with Crippen LogP contribution in [0.2, 0.25) is 0 Å². The van der Waals surface area contributed by atoms with Crippen molar-refractivity contribution in [1.29, 1.82) is 0 Å². The molecule has 1 heterocycles. The molecule has 4 nitrogen and oxygen atoms in total. The van der Waals surface area contributed by atoms with E-state index in [1.54, 1.807) is 12.1 Å². The standard InChI is InChI=1S/C14H18N2O2S/c15-19(17,18)13-7-6-11-8-9-16(14(11)10-13)12-4-2-1-3-5-12/h2,4,6-7,10,12H,1,3,5,8-9H2,(H2,15,17,18). The molecule has 0 amide bonds. The number of sulfonamides is 1. The van der Waals surface area contributed by atoms with E-state index in [0.717, 1.165) is 31.5 Å². The molecule has 0 bridgehead atoms. The fraction of sp³-hybridized carbons (Fsp3) is 0.429. The highest BCUT2D eigenvalue weighted by atomic mass is 32.2. The van der Waals surface area contributed by atoms with Gasteiger partial charge in [0.15, 0.2) is 0 Å². The first-order chi connectivity index (χ1) is 9.05. The van der Waals surface area contributed by atoms with Crippen LogP contribution in [0.15, 0.2) is 35.2 Å². The van der Waals surface area contributed by atoms with Gasteiger partial charge in [-0.1, -0.05) is 18.2 Å². The molecular weight excluding hydrogens is 260 g/mol. The Balaban J connectivity index is 1.98. The molecular formula is C14H18N2O2S. The third-order valence-electron chi connectivity index (χ3n) is 3.95. The van der Waals surface area contributed by atoms with E-state index in [0.29, 0.717) is 6.04 Å². The van der Waals surface area contributed by atoms with Crippen LogP contribution in [0.1, 0.15) is 24.8 Å². The molecule has 1 aromatic rings. The zero-order chi connectivity index (χ0) is 13.5. The SMILES string of the molecule is NS(=O)(=O)c1ccc2c(c1)N(C1C=CCCC1)CC2. The van der Waals surface area contributed by atoms with Crippen molar-refractivity contribution in [2.45, 2.75) is 36.6 Å². The van der Waals surface area contributed by atoms with Gasteiger partial charge in [0.2, 0.25) is 10.0 Å². The van der Waals surface area contributed by atoms with Crippen LogP contribution in [-0.2, 0) is 16.4 Å². The fourth-order valence-electron chi connectivity index (χ4n) is 2.96. The number of fused-ring (bicyclic) bond motifs is 1. The molecule has 5 heteroatoms. The second kappa shape index (κ2) is 4.65. The van der Waals surface area contributed by atoms with Gasteiger partial charge in [-0.3, -0.25) is 0 Å². The highest BCUT2D eigenvalue weighted by Gasteiger charge is 2.26. The first-order valence-electron chi connectivity index (χ1n) is 6.65. The first kappa shape index (κ1) is 12.7. The predicted molar refractivity (Wildman–Crippen MR) is 75.6 cm³/mol. The number of allylic oxidation sites excluding steroid dienone is 1. The van der Waals surface area contributed by atoms with E-state index in [1.807, 2.05) is 6.07 Å². The molecule has 2 N–H and O–H groups in total. The number of nitrogens with zero attached hydrogens (tertiary/aromatic N) is 1. The molecule has 3 rings (SSSR count). The van der Waals surface area contributed by atoms with Gasteiger partial charge in [0.25, 0.3) is 0 Å². The van der Waals surface area contributed by atoms with E-state index in [-0.39, 0.29) is 4.90 Å². The molecule has 0 fully saturated rings. The average Bonchev–Trinajstić information content (AvgIpc) is 2.81. The molecule has 0 radical (unpaired) electrons. The minimum Gasteiger partial charge on any atom is -0.365 e. The number of hydrogen-bond acceptors (Lipinski definition) is 3. The molecule has 0 spiro atoms. The lowest BCUT2D eigenvalue weighted by Crippen LogP contribution is -2.33. The molecule has 1 aromatic carbocycles. The molecule has 1 atom stereocenters. The molecule has 102 valence electrons. The first-order valence-corrected chi connectivity index (χ1v) is 8.19. The molecule has 1 aliphatic heterocycles. The Hall–Kier alpha value is -1.33. The summed E-state index contributed by atoms with van der Waals surface area (Å²) in [5.74, 6) is 0. The second-order valence-electron chi connectivity index (χ2n) is 5.21. The maximum atomic E-state index is 11.5. The van der Waals surface area contributed by atoms with Crippen LogP contribution in [0.3, 0.4) is 0 Å². The van der Waals surface area contributed by atoms with Gasteiger partial charge in [-0.15, -0.1) is 0 Å². The van der Waals surface area contributed by atoms with Crippen molar-refractivity contribution in [3.63, 3.8) is 0 Å². The normalized spacial score (nSPS) is 22.6. The Morgan fingerprint density at radius 1 is 1.32 bits per heavy atom. The van der Waals surface area contributed by atoms with Gasteiger partial charge in [-0.25, -0.2) is 13.6 Å². The summed E-state index contributed by atoms with van der Waals surface area (Å²) in [6.45, 7) is 0.957. The van der Waals surface area contributed by atoms with Crippen LogP contribution in [0.5, 0.6) is 0 Å². The highest BCUT2D eigenvalue weighted by Crippen LogP contribution is 2.34. The van der Waals surface area contributed by atoms with Crippen molar-refractivity contribution in [3.05, 3.63) is 35.9 Å². The summed E-state index contributed by atoms with van der Waals surface area (Å²) in [6, 6.07) is 5.61. The Kier molecular flexibility index (Phi) is 3.11. The maximum absolute atomic E-state index is 11.5. The molecule has 0 aromatic heterocycles. The van der Waals surface area contributed by atoms with Crippen LogP contribution in [0, 0.1) is 0 Å². The topological polar surface area (TPSA) is 63.4 Å². The second-order valence-corrected chi connectivity index (χ2v) is 6.77. The van der Waals surface area contributed by atoms with Crippen molar-refractivity contribution in [2.24, 2.45) is 5.14 Å². The lowest BCUT2D eigenvalue weighted by molar-refractivity contribution is 0.595. The maximum Gasteiger partial charge on any atom is 0.238 e. The third-order valence-corrected chi connectivity index (χ3v) is 4.86. The van der Waals surface area contributed by atoms with Crippen molar-refractivity contribution in [3.8, 4) is 0 Å². The van der Waals surface area contributed by atoms with Gasteiger partial charge in [0.1, 0.15) is 0 Å². The van der Waals surface area contributed by atoms with Crippen LogP contribution in [-0.4, -0.2) is 21.0 Å². The monoisotopic (exact) mass is 278 g/mol. The third kappa shape index (κ3) is 2.40. The van der Waals surface area contributed by atoms with Gasteiger partial charge in [0.05, 0.1) is 4.90 Å². The Morgan fingerprint density at radius 2 is 2.16 bits per heavy atom. The van der Waals surface area contributed by atoms with Crippen LogP contribution in [0.25, 0.3) is 0 Å². The van der Waals surface area contributed by atoms with E-state index in [1.165, 1.54) is 12.0 Å². The van der Waals surface area contributed by atoms with E-state index in [2.05, 4.69) is 17.1 Å². The van der Waals surface area contributed by atoms with E-state index in [9.17, 15) is 8.42 Å². The minimum absolute atomic E-state index is 0.206. The molecule has 19 heavy (non-hydrogen) atoms. The predicted octanol–water partition coefficient (Wildman–Crippen LogP) is 1.81. The Labute approximate surface area is 114 Å². The zero-order valence-electron chi connectivity index (χ0n) is 10.7. The molecule has 0 saturated heterocycles.